The lowest BCUT2D eigenvalue weighted by Gasteiger charge is -2.10. The van der Waals surface area contributed by atoms with Gasteiger partial charge in [0.2, 0.25) is 5.96 Å². The SMILES string of the molecule is COCCCN=C(NN)Nc1ccc2ccccc2c1. The van der Waals surface area contributed by atoms with E-state index in [9.17, 15) is 0 Å². The van der Waals surface area contributed by atoms with E-state index in [2.05, 4.69) is 40.0 Å². The number of anilines is 1. The molecule has 5 nitrogen and oxygen atoms in total. The molecular weight excluding hydrogens is 252 g/mol. The molecule has 0 aliphatic carbocycles. The minimum absolute atomic E-state index is 0.552. The second-order valence-electron chi connectivity index (χ2n) is 4.41. The summed E-state index contributed by atoms with van der Waals surface area (Å²) >= 11 is 0. The van der Waals surface area contributed by atoms with Gasteiger partial charge in [0.25, 0.3) is 0 Å². The molecule has 2 rings (SSSR count). The van der Waals surface area contributed by atoms with Gasteiger partial charge in [-0.15, -0.1) is 0 Å². The lowest BCUT2D eigenvalue weighted by atomic mass is 10.1. The van der Waals surface area contributed by atoms with Crippen LogP contribution in [0, 0.1) is 0 Å². The first-order valence-electron chi connectivity index (χ1n) is 6.59. The molecule has 106 valence electrons. The van der Waals surface area contributed by atoms with Crippen LogP contribution in [-0.2, 0) is 4.74 Å². The molecule has 0 saturated heterocycles. The number of hydrogen-bond donors (Lipinski definition) is 3. The molecule has 0 radical (unpaired) electrons. The predicted octanol–water partition coefficient (Wildman–Crippen LogP) is 2.11. The lowest BCUT2D eigenvalue weighted by molar-refractivity contribution is 0.197. The molecule has 0 spiro atoms. The summed E-state index contributed by atoms with van der Waals surface area (Å²) in [5.74, 6) is 6.03. The van der Waals surface area contributed by atoms with Crippen molar-refractivity contribution in [1.29, 1.82) is 0 Å². The molecule has 0 fully saturated rings. The van der Waals surface area contributed by atoms with Crippen molar-refractivity contribution in [2.24, 2.45) is 10.8 Å². The number of nitrogens with two attached hydrogens (primary N) is 1. The molecule has 0 atom stereocenters. The Morgan fingerprint density at radius 3 is 2.75 bits per heavy atom. The first kappa shape index (κ1) is 14.3. The van der Waals surface area contributed by atoms with Crippen molar-refractivity contribution in [2.45, 2.75) is 6.42 Å². The van der Waals surface area contributed by atoms with Crippen LogP contribution in [0.15, 0.2) is 47.5 Å². The Kier molecular flexibility index (Phi) is 5.34. The van der Waals surface area contributed by atoms with Crippen LogP contribution in [0.25, 0.3) is 10.8 Å². The highest BCUT2D eigenvalue weighted by Gasteiger charge is 1.99. The van der Waals surface area contributed by atoms with Gasteiger partial charge in [-0.3, -0.25) is 10.4 Å². The monoisotopic (exact) mass is 272 g/mol. The zero-order valence-corrected chi connectivity index (χ0v) is 11.6. The van der Waals surface area contributed by atoms with Gasteiger partial charge in [0.15, 0.2) is 0 Å². The normalized spacial score (nSPS) is 11.6. The Hall–Kier alpha value is -2.11. The number of methoxy groups -OCH3 is 1. The molecule has 0 bridgehead atoms. The summed E-state index contributed by atoms with van der Waals surface area (Å²) in [5, 5.41) is 5.55. The molecule has 20 heavy (non-hydrogen) atoms. The van der Waals surface area contributed by atoms with Gasteiger partial charge in [-0.25, -0.2) is 5.84 Å². The van der Waals surface area contributed by atoms with Gasteiger partial charge in [-0.1, -0.05) is 30.3 Å². The van der Waals surface area contributed by atoms with E-state index in [0.717, 1.165) is 12.1 Å². The fraction of sp³-hybridized carbons (Fsp3) is 0.267. The zero-order valence-electron chi connectivity index (χ0n) is 11.6. The quantitative estimate of drug-likeness (QED) is 0.256. The minimum atomic E-state index is 0.552. The highest BCUT2D eigenvalue weighted by molar-refractivity contribution is 5.96. The van der Waals surface area contributed by atoms with Gasteiger partial charge in [-0.2, -0.15) is 0 Å². The first-order chi connectivity index (χ1) is 9.83. The summed E-state index contributed by atoms with van der Waals surface area (Å²) < 4.78 is 4.98. The van der Waals surface area contributed by atoms with E-state index in [1.165, 1.54) is 10.8 Å². The van der Waals surface area contributed by atoms with Crippen molar-refractivity contribution in [1.82, 2.24) is 5.43 Å². The molecule has 0 amide bonds. The lowest BCUT2D eigenvalue weighted by Crippen LogP contribution is -2.36. The van der Waals surface area contributed by atoms with Gasteiger partial charge in [0.05, 0.1) is 0 Å². The smallest absolute Gasteiger partial charge is 0.210 e. The van der Waals surface area contributed by atoms with E-state index in [1.807, 2.05) is 18.2 Å². The number of nitrogens with one attached hydrogen (secondary N) is 2. The van der Waals surface area contributed by atoms with Crippen molar-refractivity contribution in [2.75, 3.05) is 25.6 Å². The van der Waals surface area contributed by atoms with Crippen LogP contribution < -0.4 is 16.6 Å². The molecule has 0 aliphatic rings. The fourth-order valence-corrected chi connectivity index (χ4v) is 1.92. The average molecular weight is 272 g/mol. The van der Waals surface area contributed by atoms with E-state index in [1.54, 1.807) is 7.11 Å². The molecule has 0 aliphatic heterocycles. The van der Waals surface area contributed by atoms with Gasteiger partial charge >= 0.3 is 0 Å². The molecule has 0 unspecified atom stereocenters. The highest BCUT2D eigenvalue weighted by Crippen LogP contribution is 2.18. The standard InChI is InChI=1S/C15H20N4O/c1-20-10-4-9-17-15(19-16)18-14-8-7-12-5-2-3-6-13(12)11-14/h2-3,5-8,11H,4,9-10,16H2,1H3,(H2,17,18,19). The number of aliphatic imine (C=N–C) groups is 1. The average Bonchev–Trinajstić information content (AvgIpc) is 2.50. The van der Waals surface area contributed by atoms with Crippen LogP contribution in [0.5, 0.6) is 0 Å². The summed E-state index contributed by atoms with van der Waals surface area (Å²) in [7, 11) is 1.68. The van der Waals surface area contributed by atoms with E-state index in [-0.39, 0.29) is 0 Å². The van der Waals surface area contributed by atoms with Gasteiger partial charge in [-0.05, 0) is 29.3 Å². The highest BCUT2D eigenvalue weighted by atomic mass is 16.5. The number of benzene rings is 2. The summed E-state index contributed by atoms with van der Waals surface area (Å²) in [5.41, 5.74) is 3.52. The maximum absolute atomic E-state index is 5.47. The third kappa shape index (κ3) is 3.94. The number of fused-ring (bicyclic) bond motifs is 1. The van der Waals surface area contributed by atoms with Crippen molar-refractivity contribution in [3.05, 3.63) is 42.5 Å². The second-order valence-corrected chi connectivity index (χ2v) is 4.41. The van der Waals surface area contributed by atoms with E-state index in [0.29, 0.717) is 19.1 Å². The maximum atomic E-state index is 5.47. The van der Waals surface area contributed by atoms with Crippen molar-refractivity contribution in [3.63, 3.8) is 0 Å². The van der Waals surface area contributed by atoms with E-state index in [4.69, 9.17) is 10.6 Å². The van der Waals surface area contributed by atoms with E-state index < -0.39 is 0 Å². The third-order valence-electron chi connectivity index (χ3n) is 2.93. The van der Waals surface area contributed by atoms with Crippen LogP contribution >= 0.6 is 0 Å². The largest absolute Gasteiger partial charge is 0.385 e. The Morgan fingerprint density at radius 1 is 1.20 bits per heavy atom. The molecule has 2 aromatic carbocycles. The molecule has 0 aromatic heterocycles. The summed E-state index contributed by atoms with van der Waals surface area (Å²) in [6, 6.07) is 14.3. The maximum Gasteiger partial charge on any atom is 0.210 e. The Bertz CT molecular complexity index is 583. The topological polar surface area (TPSA) is 71.7 Å². The van der Waals surface area contributed by atoms with Crippen molar-refractivity contribution < 1.29 is 4.74 Å². The van der Waals surface area contributed by atoms with Gasteiger partial charge < -0.3 is 10.1 Å². The minimum Gasteiger partial charge on any atom is -0.385 e. The van der Waals surface area contributed by atoms with Crippen LogP contribution in [0.3, 0.4) is 0 Å². The first-order valence-corrected chi connectivity index (χ1v) is 6.59. The molecule has 5 heteroatoms. The third-order valence-corrected chi connectivity index (χ3v) is 2.93. The van der Waals surface area contributed by atoms with Crippen molar-refractivity contribution in [3.8, 4) is 0 Å². The fourth-order valence-electron chi connectivity index (χ4n) is 1.92. The molecule has 0 heterocycles. The Morgan fingerprint density at radius 2 is 2.00 bits per heavy atom. The number of hydrazine groups is 1. The molecule has 0 saturated carbocycles. The number of nitrogens with zero attached hydrogens (tertiary/aromatic N) is 1. The van der Waals surface area contributed by atoms with Crippen LogP contribution in [0.1, 0.15) is 6.42 Å². The summed E-state index contributed by atoms with van der Waals surface area (Å²) in [6.07, 6.45) is 0.862. The molecule has 4 N–H and O–H groups in total. The van der Waals surface area contributed by atoms with Gasteiger partial charge in [0, 0.05) is 25.9 Å². The summed E-state index contributed by atoms with van der Waals surface area (Å²) in [6.45, 7) is 1.35. The van der Waals surface area contributed by atoms with E-state index >= 15 is 0 Å². The number of hydrogen-bond acceptors (Lipinski definition) is 3. The van der Waals surface area contributed by atoms with Gasteiger partial charge in [0.1, 0.15) is 0 Å². The summed E-state index contributed by atoms with van der Waals surface area (Å²) in [4.78, 5) is 4.34. The number of guanidine groups is 1. The Labute approximate surface area is 118 Å². The predicted molar refractivity (Wildman–Crippen MR) is 83.7 cm³/mol. The number of ether oxygens (including phenoxy) is 1. The van der Waals surface area contributed by atoms with Crippen molar-refractivity contribution >= 4 is 22.4 Å². The molecule has 2 aromatic rings. The zero-order chi connectivity index (χ0) is 14.2. The second kappa shape index (κ2) is 7.47. The molecular formula is C15H20N4O. The van der Waals surface area contributed by atoms with Crippen LogP contribution in [0.4, 0.5) is 5.69 Å². The number of rotatable bonds is 5. The Balaban J connectivity index is 2.05. The van der Waals surface area contributed by atoms with Crippen LogP contribution in [-0.4, -0.2) is 26.2 Å². The van der Waals surface area contributed by atoms with Crippen LogP contribution in [0.2, 0.25) is 0 Å².